The van der Waals surface area contributed by atoms with E-state index in [4.69, 9.17) is 0 Å². The van der Waals surface area contributed by atoms with Gasteiger partial charge in [-0.25, -0.2) is 14.3 Å². The van der Waals surface area contributed by atoms with Gasteiger partial charge in [0.05, 0.1) is 11.1 Å². The van der Waals surface area contributed by atoms with Gasteiger partial charge in [-0.1, -0.05) is 18.2 Å². The Kier molecular flexibility index (Phi) is 4.47. The predicted octanol–water partition coefficient (Wildman–Crippen LogP) is 0.453. The largest absolute Gasteiger partial charge is 0.357 e. The van der Waals surface area contributed by atoms with Crippen LogP contribution in [0.5, 0.6) is 0 Å². The quantitative estimate of drug-likeness (QED) is 0.658. The lowest BCUT2D eigenvalue weighted by molar-refractivity contribution is -0.914. The molecule has 0 unspecified atom stereocenters. The first-order chi connectivity index (χ1) is 11.1. The van der Waals surface area contributed by atoms with Crippen molar-refractivity contribution in [3.8, 4) is 0 Å². The fourth-order valence-corrected chi connectivity index (χ4v) is 2.95. The van der Waals surface area contributed by atoms with Gasteiger partial charge in [0.25, 0.3) is 0 Å². The molecule has 0 spiro atoms. The van der Waals surface area contributed by atoms with Crippen molar-refractivity contribution in [2.75, 3.05) is 31.1 Å². The van der Waals surface area contributed by atoms with E-state index in [1.54, 1.807) is 18.3 Å². The Balaban J connectivity index is 1.65. The number of pyridine rings is 1. The highest BCUT2D eigenvalue weighted by atomic mass is 19.1. The summed E-state index contributed by atoms with van der Waals surface area (Å²) in [5, 5.41) is 11.1. The number of quaternary nitrogens is 1. The first-order valence-corrected chi connectivity index (χ1v) is 7.62. The molecule has 7 heteroatoms. The van der Waals surface area contributed by atoms with Crippen LogP contribution in [0.4, 0.5) is 15.9 Å². The minimum absolute atomic E-state index is 0.0880. The Morgan fingerprint density at radius 1 is 1.22 bits per heavy atom. The van der Waals surface area contributed by atoms with Gasteiger partial charge in [-0.15, -0.1) is 0 Å². The van der Waals surface area contributed by atoms with E-state index in [0.29, 0.717) is 31.0 Å². The third-order valence-corrected chi connectivity index (χ3v) is 4.19. The number of nitro groups is 1. The van der Waals surface area contributed by atoms with Gasteiger partial charge in [0.15, 0.2) is 0 Å². The van der Waals surface area contributed by atoms with Gasteiger partial charge < -0.3 is 4.90 Å². The maximum Gasteiger partial charge on any atom is 0.357 e. The minimum atomic E-state index is -0.371. The Bertz CT molecular complexity index is 702. The zero-order chi connectivity index (χ0) is 16.2. The molecule has 2 N–H and O–H groups in total. The van der Waals surface area contributed by atoms with E-state index in [1.165, 1.54) is 17.0 Å². The van der Waals surface area contributed by atoms with E-state index < -0.39 is 0 Å². The normalized spacial score (nSPS) is 15.6. The molecule has 1 aliphatic rings. The molecule has 0 radical (unpaired) electrons. The monoisotopic (exact) mass is 318 g/mol. The van der Waals surface area contributed by atoms with Crippen LogP contribution in [0.25, 0.3) is 0 Å². The molecule has 0 atom stereocenters. The number of halogens is 1. The molecule has 3 rings (SSSR count). The van der Waals surface area contributed by atoms with Crippen molar-refractivity contribution in [3.05, 3.63) is 64.1 Å². The van der Waals surface area contributed by atoms with Gasteiger partial charge in [0, 0.05) is 11.6 Å². The average molecular weight is 318 g/mol. The standard InChI is InChI=1S/C16H17FN4O2/c17-14-5-2-1-4-13(14)12-19-8-10-20(11-9-19)16-15(21(22)23)6-3-7-18-16/h1-7H,8-12H2/p+2. The molecule has 0 aliphatic carbocycles. The van der Waals surface area contributed by atoms with Crippen LogP contribution in [0.1, 0.15) is 5.56 Å². The number of hydrogen-bond donors (Lipinski definition) is 1. The SMILES string of the molecule is O=[N+]([O-])c1ccc[nH+]c1N1CC[NH+](Cc2ccccc2F)CC1. The summed E-state index contributed by atoms with van der Waals surface area (Å²) in [6.45, 7) is 3.67. The lowest BCUT2D eigenvalue weighted by Crippen LogP contribution is -3.13. The summed E-state index contributed by atoms with van der Waals surface area (Å²) in [6, 6.07) is 9.95. The number of anilines is 1. The summed E-state index contributed by atoms with van der Waals surface area (Å²) >= 11 is 0. The van der Waals surface area contributed by atoms with E-state index in [2.05, 4.69) is 4.98 Å². The smallest absolute Gasteiger partial charge is 0.325 e. The lowest BCUT2D eigenvalue weighted by atomic mass is 10.2. The Morgan fingerprint density at radius 2 is 1.96 bits per heavy atom. The number of aromatic nitrogens is 1. The van der Waals surface area contributed by atoms with Gasteiger partial charge in [-0.05, 0) is 12.1 Å². The van der Waals surface area contributed by atoms with E-state index >= 15 is 0 Å². The number of H-pyrrole nitrogens is 1. The van der Waals surface area contributed by atoms with Crippen molar-refractivity contribution in [2.24, 2.45) is 0 Å². The van der Waals surface area contributed by atoms with Crippen LogP contribution in [-0.2, 0) is 6.54 Å². The van der Waals surface area contributed by atoms with Crippen molar-refractivity contribution < 1.29 is 19.2 Å². The van der Waals surface area contributed by atoms with Crippen molar-refractivity contribution in [2.45, 2.75) is 6.54 Å². The van der Waals surface area contributed by atoms with Gasteiger partial charge in [0.1, 0.15) is 38.5 Å². The number of benzene rings is 1. The van der Waals surface area contributed by atoms with Gasteiger partial charge in [-0.2, -0.15) is 0 Å². The highest BCUT2D eigenvalue weighted by Crippen LogP contribution is 2.21. The van der Waals surface area contributed by atoms with Crippen molar-refractivity contribution in [3.63, 3.8) is 0 Å². The van der Waals surface area contributed by atoms with Gasteiger partial charge in [0.2, 0.25) is 0 Å². The number of hydrogen-bond acceptors (Lipinski definition) is 3. The second kappa shape index (κ2) is 6.70. The Labute approximate surface area is 133 Å². The zero-order valence-corrected chi connectivity index (χ0v) is 12.7. The molecule has 2 heterocycles. The van der Waals surface area contributed by atoms with Crippen molar-refractivity contribution in [1.82, 2.24) is 0 Å². The number of nitrogens with one attached hydrogen (secondary N) is 2. The van der Waals surface area contributed by atoms with E-state index in [9.17, 15) is 14.5 Å². The van der Waals surface area contributed by atoms with Crippen LogP contribution in [0, 0.1) is 15.9 Å². The predicted molar refractivity (Wildman–Crippen MR) is 82.7 cm³/mol. The van der Waals surface area contributed by atoms with Crippen LogP contribution in [0.3, 0.4) is 0 Å². The number of rotatable bonds is 4. The second-order valence-electron chi connectivity index (χ2n) is 5.67. The molecule has 0 bridgehead atoms. The molecule has 23 heavy (non-hydrogen) atoms. The molecule has 1 fully saturated rings. The summed E-state index contributed by atoms with van der Waals surface area (Å²) < 4.78 is 13.7. The first-order valence-electron chi connectivity index (χ1n) is 7.62. The summed E-state index contributed by atoms with van der Waals surface area (Å²) in [5.41, 5.74) is 0.804. The number of aromatic amines is 1. The van der Waals surface area contributed by atoms with Crippen LogP contribution < -0.4 is 14.8 Å². The van der Waals surface area contributed by atoms with Crippen molar-refractivity contribution >= 4 is 11.5 Å². The minimum Gasteiger partial charge on any atom is -0.325 e. The lowest BCUT2D eigenvalue weighted by Gasteiger charge is -2.28. The summed E-state index contributed by atoms with van der Waals surface area (Å²) in [5.74, 6) is 0.372. The average Bonchev–Trinajstić information content (AvgIpc) is 2.58. The molecule has 1 aromatic heterocycles. The Morgan fingerprint density at radius 3 is 2.65 bits per heavy atom. The number of piperazine rings is 1. The molecule has 1 aliphatic heterocycles. The van der Waals surface area contributed by atoms with Crippen LogP contribution in [0.15, 0.2) is 42.6 Å². The molecule has 6 nitrogen and oxygen atoms in total. The van der Waals surface area contributed by atoms with Gasteiger partial charge >= 0.3 is 11.5 Å². The molecule has 0 saturated carbocycles. The van der Waals surface area contributed by atoms with E-state index in [1.807, 2.05) is 17.0 Å². The highest BCUT2D eigenvalue weighted by molar-refractivity contribution is 5.53. The molecule has 0 amide bonds. The molecular formula is C16H19FN4O2+2. The van der Waals surface area contributed by atoms with Crippen LogP contribution in [-0.4, -0.2) is 31.1 Å². The third-order valence-electron chi connectivity index (χ3n) is 4.19. The third kappa shape index (κ3) is 3.45. The van der Waals surface area contributed by atoms with E-state index in [-0.39, 0.29) is 16.4 Å². The molecule has 120 valence electrons. The topological polar surface area (TPSA) is 65.0 Å². The summed E-state index contributed by atoms with van der Waals surface area (Å²) in [6.07, 6.45) is 1.70. The highest BCUT2D eigenvalue weighted by Gasteiger charge is 2.32. The maximum absolute atomic E-state index is 13.7. The molecule has 2 aromatic rings. The fourth-order valence-electron chi connectivity index (χ4n) is 2.95. The Hall–Kier alpha value is -2.54. The van der Waals surface area contributed by atoms with Crippen LogP contribution in [0.2, 0.25) is 0 Å². The fraction of sp³-hybridized carbons (Fsp3) is 0.312. The van der Waals surface area contributed by atoms with Gasteiger partial charge in [-0.3, -0.25) is 10.1 Å². The zero-order valence-electron chi connectivity index (χ0n) is 12.7. The molecule has 1 saturated heterocycles. The second-order valence-corrected chi connectivity index (χ2v) is 5.67. The molecular weight excluding hydrogens is 299 g/mol. The molecule has 1 aromatic carbocycles. The van der Waals surface area contributed by atoms with E-state index in [0.717, 1.165) is 13.1 Å². The maximum atomic E-state index is 13.7. The first kappa shape index (κ1) is 15.4. The van der Waals surface area contributed by atoms with Crippen molar-refractivity contribution in [1.29, 1.82) is 0 Å². The summed E-state index contributed by atoms with van der Waals surface area (Å²) in [7, 11) is 0. The van der Waals surface area contributed by atoms with Crippen LogP contribution >= 0.6 is 0 Å². The summed E-state index contributed by atoms with van der Waals surface area (Å²) in [4.78, 5) is 17.0. The number of nitrogens with zero attached hydrogens (tertiary/aromatic N) is 2.